The van der Waals surface area contributed by atoms with E-state index in [1.54, 1.807) is 0 Å². The Labute approximate surface area is 127 Å². The van der Waals surface area contributed by atoms with Crippen molar-refractivity contribution in [3.8, 4) is 0 Å². The summed E-state index contributed by atoms with van der Waals surface area (Å²) in [5.41, 5.74) is 1.35. The molecule has 0 aliphatic heterocycles. The first-order chi connectivity index (χ1) is 9.72. The van der Waals surface area contributed by atoms with Crippen molar-refractivity contribution in [2.24, 2.45) is 0 Å². The van der Waals surface area contributed by atoms with Gasteiger partial charge in [0.25, 0.3) is 0 Å². The molecule has 0 bridgehead atoms. The lowest BCUT2D eigenvalue weighted by molar-refractivity contribution is 0.161. The molecule has 1 saturated carbocycles. The van der Waals surface area contributed by atoms with Gasteiger partial charge in [-0.05, 0) is 43.9 Å². The van der Waals surface area contributed by atoms with Crippen LogP contribution in [0.5, 0.6) is 0 Å². The van der Waals surface area contributed by atoms with Crippen molar-refractivity contribution in [1.29, 1.82) is 0 Å². The maximum atomic E-state index is 9.55. The summed E-state index contributed by atoms with van der Waals surface area (Å²) >= 11 is 2.01. The van der Waals surface area contributed by atoms with Crippen LogP contribution in [-0.2, 0) is 5.75 Å². The standard InChI is InChI=1S/C17H27NOS/c1-17(14-19,18-16-9-10-16)11-5-6-12-20-13-15-7-3-2-4-8-15/h2-4,7-8,16,18-19H,5-6,9-14H2,1H3. The molecule has 2 rings (SSSR count). The Kier molecular flexibility index (Phi) is 6.40. The van der Waals surface area contributed by atoms with Crippen LogP contribution in [-0.4, -0.2) is 29.0 Å². The first-order valence-corrected chi connectivity index (χ1v) is 8.87. The summed E-state index contributed by atoms with van der Waals surface area (Å²) in [4.78, 5) is 0. The quantitative estimate of drug-likeness (QED) is 0.647. The Hall–Kier alpha value is -0.510. The molecule has 2 nitrogen and oxygen atoms in total. The molecule has 0 radical (unpaired) electrons. The summed E-state index contributed by atoms with van der Waals surface area (Å²) in [7, 11) is 0. The summed E-state index contributed by atoms with van der Waals surface area (Å²) in [6, 6.07) is 11.3. The van der Waals surface area contributed by atoms with Gasteiger partial charge in [0.1, 0.15) is 0 Å². The van der Waals surface area contributed by atoms with E-state index in [1.165, 1.54) is 37.0 Å². The van der Waals surface area contributed by atoms with Crippen LogP contribution in [0.1, 0.15) is 44.6 Å². The first-order valence-electron chi connectivity index (χ1n) is 7.72. The molecule has 0 amide bonds. The number of hydrogen-bond donors (Lipinski definition) is 2. The Morgan fingerprint density at radius 1 is 1.25 bits per heavy atom. The highest BCUT2D eigenvalue weighted by Crippen LogP contribution is 2.25. The zero-order valence-electron chi connectivity index (χ0n) is 12.5. The average molecular weight is 293 g/mol. The second kappa shape index (κ2) is 8.06. The van der Waals surface area contributed by atoms with Crippen molar-refractivity contribution in [3.63, 3.8) is 0 Å². The van der Waals surface area contributed by atoms with Crippen LogP contribution in [0, 0.1) is 0 Å². The minimum absolute atomic E-state index is 0.0642. The molecular weight excluding hydrogens is 266 g/mol. The fourth-order valence-corrected chi connectivity index (χ4v) is 3.38. The van der Waals surface area contributed by atoms with Crippen LogP contribution < -0.4 is 5.32 Å². The molecule has 112 valence electrons. The minimum Gasteiger partial charge on any atom is -0.394 e. The predicted molar refractivity (Wildman–Crippen MR) is 88.1 cm³/mol. The van der Waals surface area contributed by atoms with Gasteiger partial charge in [0.2, 0.25) is 0 Å². The van der Waals surface area contributed by atoms with E-state index in [9.17, 15) is 5.11 Å². The smallest absolute Gasteiger partial charge is 0.0610 e. The Balaban J connectivity index is 1.54. The molecule has 3 heteroatoms. The fraction of sp³-hybridized carbons (Fsp3) is 0.647. The lowest BCUT2D eigenvalue weighted by Crippen LogP contribution is -2.46. The average Bonchev–Trinajstić information content (AvgIpc) is 3.27. The van der Waals surface area contributed by atoms with Crippen molar-refractivity contribution in [2.45, 2.75) is 56.4 Å². The third kappa shape index (κ3) is 5.86. The van der Waals surface area contributed by atoms with E-state index < -0.39 is 0 Å². The number of aliphatic hydroxyl groups is 1. The highest BCUT2D eigenvalue weighted by molar-refractivity contribution is 7.98. The number of rotatable bonds is 10. The van der Waals surface area contributed by atoms with Crippen molar-refractivity contribution in [3.05, 3.63) is 35.9 Å². The van der Waals surface area contributed by atoms with E-state index in [2.05, 4.69) is 42.6 Å². The SMILES string of the molecule is CC(CO)(CCCCSCc1ccccc1)NC1CC1. The van der Waals surface area contributed by atoms with Gasteiger partial charge in [-0.3, -0.25) is 0 Å². The Morgan fingerprint density at radius 2 is 2.00 bits per heavy atom. The summed E-state index contributed by atoms with van der Waals surface area (Å²) in [6.07, 6.45) is 6.06. The first kappa shape index (κ1) is 15.9. The molecule has 1 aromatic rings. The second-order valence-corrected chi connectivity index (χ2v) is 7.24. The van der Waals surface area contributed by atoms with Crippen LogP contribution >= 0.6 is 11.8 Å². The molecule has 20 heavy (non-hydrogen) atoms. The number of hydrogen-bond acceptors (Lipinski definition) is 3. The monoisotopic (exact) mass is 293 g/mol. The zero-order chi connectivity index (χ0) is 14.3. The van der Waals surface area contributed by atoms with Crippen LogP contribution in [0.25, 0.3) is 0 Å². The summed E-state index contributed by atoms with van der Waals surface area (Å²) in [6.45, 7) is 2.41. The molecule has 2 N–H and O–H groups in total. The summed E-state index contributed by atoms with van der Waals surface area (Å²) < 4.78 is 0. The fourth-order valence-electron chi connectivity index (χ4n) is 2.40. The predicted octanol–water partition coefficient (Wildman–Crippen LogP) is 3.59. The van der Waals surface area contributed by atoms with E-state index >= 15 is 0 Å². The molecule has 1 atom stereocenters. The van der Waals surface area contributed by atoms with Gasteiger partial charge in [-0.1, -0.05) is 36.8 Å². The Bertz CT molecular complexity index is 380. The van der Waals surface area contributed by atoms with Crippen molar-refractivity contribution in [2.75, 3.05) is 12.4 Å². The number of benzene rings is 1. The van der Waals surface area contributed by atoms with Gasteiger partial charge in [0.15, 0.2) is 0 Å². The molecule has 1 aliphatic carbocycles. The Morgan fingerprint density at radius 3 is 2.65 bits per heavy atom. The molecule has 0 saturated heterocycles. The largest absolute Gasteiger partial charge is 0.394 e. The third-order valence-electron chi connectivity index (χ3n) is 3.86. The molecule has 1 fully saturated rings. The molecule has 0 spiro atoms. The zero-order valence-corrected chi connectivity index (χ0v) is 13.3. The topological polar surface area (TPSA) is 32.3 Å². The molecular formula is C17H27NOS. The molecule has 1 aliphatic rings. The normalized spacial score (nSPS) is 17.9. The molecule has 0 heterocycles. The van der Waals surface area contributed by atoms with Crippen LogP contribution in [0.2, 0.25) is 0 Å². The minimum atomic E-state index is -0.0642. The van der Waals surface area contributed by atoms with E-state index in [0.29, 0.717) is 6.04 Å². The van der Waals surface area contributed by atoms with Crippen LogP contribution in [0.15, 0.2) is 30.3 Å². The number of nitrogens with one attached hydrogen (secondary N) is 1. The van der Waals surface area contributed by atoms with Crippen LogP contribution in [0.4, 0.5) is 0 Å². The molecule has 1 aromatic carbocycles. The van der Waals surface area contributed by atoms with E-state index in [-0.39, 0.29) is 12.1 Å². The van der Waals surface area contributed by atoms with Gasteiger partial charge in [0.05, 0.1) is 6.61 Å². The van der Waals surface area contributed by atoms with Crippen molar-refractivity contribution >= 4 is 11.8 Å². The van der Waals surface area contributed by atoms with E-state index in [0.717, 1.165) is 12.2 Å². The molecule has 0 aromatic heterocycles. The van der Waals surface area contributed by atoms with Gasteiger partial charge in [0, 0.05) is 17.3 Å². The third-order valence-corrected chi connectivity index (χ3v) is 4.97. The van der Waals surface area contributed by atoms with E-state index in [1.807, 2.05) is 11.8 Å². The number of aliphatic hydroxyl groups excluding tert-OH is 1. The van der Waals surface area contributed by atoms with Gasteiger partial charge < -0.3 is 10.4 Å². The van der Waals surface area contributed by atoms with Gasteiger partial charge in [-0.15, -0.1) is 0 Å². The van der Waals surface area contributed by atoms with Gasteiger partial charge in [-0.25, -0.2) is 0 Å². The number of thioether (sulfide) groups is 1. The van der Waals surface area contributed by atoms with E-state index in [4.69, 9.17) is 0 Å². The summed E-state index contributed by atoms with van der Waals surface area (Å²) in [5.74, 6) is 2.32. The number of unbranched alkanes of at least 4 members (excludes halogenated alkanes) is 1. The summed E-state index contributed by atoms with van der Waals surface area (Å²) in [5, 5.41) is 13.1. The van der Waals surface area contributed by atoms with Gasteiger partial charge >= 0.3 is 0 Å². The highest BCUT2D eigenvalue weighted by Gasteiger charge is 2.31. The lowest BCUT2D eigenvalue weighted by atomic mass is 9.96. The van der Waals surface area contributed by atoms with Crippen molar-refractivity contribution in [1.82, 2.24) is 5.32 Å². The highest BCUT2D eigenvalue weighted by atomic mass is 32.2. The van der Waals surface area contributed by atoms with Crippen LogP contribution in [0.3, 0.4) is 0 Å². The lowest BCUT2D eigenvalue weighted by Gasteiger charge is -2.29. The molecule has 1 unspecified atom stereocenters. The van der Waals surface area contributed by atoms with Gasteiger partial charge in [-0.2, -0.15) is 11.8 Å². The maximum absolute atomic E-state index is 9.55. The van der Waals surface area contributed by atoms with Crippen molar-refractivity contribution < 1.29 is 5.11 Å². The second-order valence-electron chi connectivity index (χ2n) is 6.13. The maximum Gasteiger partial charge on any atom is 0.0610 e.